The number of amides is 1. The van der Waals surface area contributed by atoms with Crippen LogP contribution in [0.5, 0.6) is 0 Å². The molecule has 3 aromatic carbocycles. The fourth-order valence-electron chi connectivity index (χ4n) is 2.54. The Kier molecular flexibility index (Phi) is 4.11. The van der Waals surface area contributed by atoms with Gasteiger partial charge >= 0.3 is 0 Å². The van der Waals surface area contributed by atoms with Gasteiger partial charge in [0, 0.05) is 5.69 Å². The molecule has 0 radical (unpaired) electrons. The maximum atomic E-state index is 11.6. The zero-order valence-corrected chi connectivity index (χ0v) is 12.9. The number of nitrogens with two attached hydrogens (primary N) is 1. The van der Waals surface area contributed by atoms with Crippen molar-refractivity contribution in [2.45, 2.75) is 6.92 Å². The Morgan fingerprint density at radius 3 is 2.35 bits per heavy atom. The number of hydrogen-bond acceptors (Lipinski definition) is 2. The van der Waals surface area contributed by atoms with Crippen LogP contribution in [0.25, 0.3) is 11.1 Å². The van der Waals surface area contributed by atoms with Crippen molar-refractivity contribution in [2.24, 2.45) is 5.73 Å². The van der Waals surface area contributed by atoms with E-state index >= 15 is 0 Å². The topological polar surface area (TPSA) is 55.1 Å². The summed E-state index contributed by atoms with van der Waals surface area (Å²) in [5.74, 6) is -0.438. The third kappa shape index (κ3) is 3.40. The van der Waals surface area contributed by atoms with E-state index in [4.69, 9.17) is 5.73 Å². The molecule has 0 atom stereocenters. The van der Waals surface area contributed by atoms with Gasteiger partial charge in [0.1, 0.15) is 0 Å². The highest BCUT2D eigenvalue weighted by molar-refractivity contribution is 5.99. The molecule has 0 unspecified atom stereocenters. The third-order valence-electron chi connectivity index (χ3n) is 3.69. The van der Waals surface area contributed by atoms with Gasteiger partial charge in [-0.25, -0.2) is 0 Å². The number of nitrogens with one attached hydrogen (secondary N) is 1. The van der Waals surface area contributed by atoms with Crippen LogP contribution in [-0.4, -0.2) is 5.91 Å². The van der Waals surface area contributed by atoms with Crippen LogP contribution in [0, 0.1) is 6.92 Å². The van der Waals surface area contributed by atoms with Gasteiger partial charge in [0.15, 0.2) is 0 Å². The Labute approximate surface area is 135 Å². The molecule has 3 nitrogen and oxygen atoms in total. The van der Waals surface area contributed by atoms with Crippen LogP contribution in [0.15, 0.2) is 72.8 Å². The van der Waals surface area contributed by atoms with Gasteiger partial charge in [-0.05, 0) is 47.9 Å². The van der Waals surface area contributed by atoms with Gasteiger partial charge < -0.3 is 11.1 Å². The van der Waals surface area contributed by atoms with Crippen molar-refractivity contribution >= 4 is 17.3 Å². The minimum absolute atomic E-state index is 0.438. The number of anilines is 2. The molecule has 3 rings (SSSR count). The second-order valence-electron chi connectivity index (χ2n) is 5.49. The van der Waals surface area contributed by atoms with Crippen molar-refractivity contribution in [3.63, 3.8) is 0 Å². The molecular formula is C20H18N2O. The minimum atomic E-state index is -0.438. The molecule has 0 spiro atoms. The fraction of sp³-hybridized carbons (Fsp3) is 0.0500. The number of rotatable bonds is 4. The molecule has 0 aliphatic carbocycles. The highest BCUT2D eigenvalue weighted by Gasteiger charge is 2.09. The van der Waals surface area contributed by atoms with E-state index in [2.05, 4.69) is 29.6 Å². The summed E-state index contributed by atoms with van der Waals surface area (Å²) >= 11 is 0. The molecule has 0 saturated heterocycles. The largest absolute Gasteiger partial charge is 0.366 e. The third-order valence-corrected chi connectivity index (χ3v) is 3.69. The van der Waals surface area contributed by atoms with Gasteiger partial charge in [-0.2, -0.15) is 0 Å². The summed E-state index contributed by atoms with van der Waals surface area (Å²) in [6.07, 6.45) is 0. The van der Waals surface area contributed by atoms with Crippen molar-refractivity contribution in [2.75, 3.05) is 5.32 Å². The summed E-state index contributed by atoms with van der Waals surface area (Å²) in [6.45, 7) is 1.98. The van der Waals surface area contributed by atoms with E-state index in [1.165, 1.54) is 0 Å². The molecular weight excluding hydrogens is 284 g/mol. The summed E-state index contributed by atoms with van der Waals surface area (Å²) in [5, 5.41) is 3.30. The number of primary amides is 1. The number of hydrogen-bond donors (Lipinski definition) is 2. The molecule has 0 bridgehead atoms. The van der Waals surface area contributed by atoms with Crippen LogP contribution in [0.1, 0.15) is 15.9 Å². The molecule has 3 heteroatoms. The number of carbonyl (C=O) groups excluding carboxylic acids is 1. The van der Waals surface area contributed by atoms with E-state index in [1.54, 1.807) is 6.07 Å². The fourth-order valence-corrected chi connectivity index (χ4v) is 2.54. The van der Waals surface area contributed by atoms with Crippen LogP contribution in [0.2, 0.25) is 0 Å². The van der Waals surface area contributed by atoms with Gasteiger partial charge in [-0.15, -0.1) is 0 Å². The predicted octanol–water partition coefficient (Wildman–Crippen LogP) is 4.50. The molecule has 3 aromatic rings. The standard InChI is InChI=1S/C20H18N2O/c1-14-10-11-18(20(21)23)19(12-14)22-17-9-5-8-16(13-17)15-6-3-2-4-7-15/h2-13,22H,1H3,(H2,21,23). The van der Waals surface area contributed by atoms with E-state index < -0.39 is 5.91 Å². The van der Waals surface area contributed by atoms with E-state index in [0.29, 0.717) is 5.56 Å². The Morgan fingerprint density at radius 1 is 0.870 bits per heavy atom. The first-order valence-corrected chi connectivity index (χ1v) is 7.46. The number of carbonyl (C=O) groups is 1. The van der Waals surface area contributed by atoms with Crippen molar-refractivity contribution in [1.29, 1.82) is 0 Å². The van der Waals surface area contributed by atoms with E-state index in [9.17, 15) is 4.79 Å². The molecule has 1 amide bonds. The highest BCUT2D eigenvalue weighted by atomic mass is 16.1. The molecule has 0 aliphatic heterocycles. The Bertz CT molecular complexity index is 841. The maximum absolute atomic E-state index is 11.6. The number of aryl methyl sites for hydroxylation is 1. The van der Waals surface area contributed by atoms with Crippen LogP contribution < -0.4 is 11.1 Å². The second kappa shape index (κ2) is 6.36. The summed E-state index contributed by atoms with van der Waals surface area (Å²) in [5.41, 5.74) is 10.9. The maximum Gasteiger partial charge on any atom is 0.250 e. The molecule has 114 valence electrons. The molecule has 3 N–H and O–H groups in total. The quantitative estimate of drug-likeness (QED) is 0.745. The molecule has 0 aromatic heterocycles. The van der Waals surface area contributed by atoms with Crippen molar-refractivity contribution in [3.05, 3.63) is 83.9 Å². The lowest BCUT2D eigenvalue weighted by molar-refractivity contribution is 0.100. The Balaban J connectivity index is 1.96. The molecule has 0 heterocycles. The smallest absolute Gasteiger partial charge is 0.250 e. The first-order chi connectivity index (χ1) is 11.1. The van der Waals surface area contributed by atoms with Crippen molar-refractivity contribution < 1.29 is 4.79 Å². The zero-order valence-electron chi connectivity index (χ0n) is 12.9. The van der Waals surface area contributed by atoms with Gasteiger partial charge in [-0.1, -0.05) is 48.5 Å². The molecule has 0 fully saturated rings. The minimum Gasteiger partial charge on any atom is -0.366 e. The SMILES string of the molecule is Cc1ccc(C(N)=O)c(Nc2cccc(-c3ccccc3)c2)c1. The lowest BCUT2D eigenvalue weighted by Gasteiger charge is -2.12. The van der Waals surface area contributed by atoms with Gasteiger partial charge in [0.05, 0.1) is 11.3 Å². The van der Waals surface area contributed by atoms with E-state index in [0.717, 1.165) is 28.1 Å². The summed E-state index contributed by atoms with van der Waals surface area (Å²) < 4.78 is 0. The van der Waals surface area contributed by atoms with Gasteiger partial charge in [0.25, 0.3) is 5.91 Å². The summed E-state index contributed by atoms with van der Waals surface area (Å²) in [7, 11) is 0. The van der Waals surface area contributed by atoms with Gasteiger partial charge in [-0.3, -0.25) is 4.79 Å². The zero-order chi connectivity index (χ0) is 16.2. The lowest BCUT2D eigenvalue weighted by Crippen LogP contribution is -2.13. The lowest BCUT2D eigenvalue weighted by atomic mass is 10.0. The molecule has 0 saturated carbocycles. The molecule has 0 aliphatic rings. The van der Waals surface area contributed by atoms with Crippen LogP contribution in [0.4, 0.5) is 11.4 Å². The second-order valence-corrected chi connectivity index (χ2v) is 5.49. The van der Waals surface area contributed by atoms with E-state index in [1.807, 2.05) is 49.4 Å². The first-order valence-electron chi connectivity index (χ1n) is 7.46. The van der Waals surface area contributed by atoms with Crippen LogP contribution >= 0.6 is 0 Å². The number of benzene rings is 3. The van der Waals surface area contributed by atoms with Crippen molar-refractivity contribution in [1.82, 2.24) is 0 Å². The van der Waals surface area contributed by atoms with E-state index in [-0.39, 0.29) is 0 Å². The van der Waals surface area contributed by atoms with Crippen LogP contribution in [0.3, 0.4) is 0 Å². The highest BCUT2D eigenvalue weighted by Crippen LogP contribution is 2.26. The Hall–Kier alpha value is -3.07. The predicted molar refractivity (Wildman–Crippen MR) is 94.9 cm³/mol. The summed E-state index contributed by atoms with van der Waals surface area (Å²) in [6, 6.07) is 23.8. The average molecular weight is 302 g/mol. The molecule has 23 heavy (non-hydrogen) atoms. The first kappa shape index (κ1) is 14.9. The van der Waals surface area contributed by atoms with Crippen LogP contribution in [-0.2, 0) is 0 Å². The summed E-state index contributed by atoms with van der Waals surface area (Å²) in [4.78, 5) is 11.6. The van der Waals surface area contributed by atoms with Crippen molar-refractivity contribution in [3.8, 4) is 11.1 Å². The average Bonchev–Trinajstić information content (AvgIpc) is 2.56. The monoisotopic (exact) mass is 302 g/mol. The normalized spacial score (nSPS) is 10.3. The Morgan fingerprint density at radius 2 is 1.61 bits per heavy atom. The van der Waals surface area contributed by atoms with Gasteiger partial charge in [0.2, 0.25) is 0 Å².